The fraction of sp³-hybridized carbons (Fsp3) is 0.286. The average molecular weight is 259 g/mol. The predicted molar refractivity (Wildman–Crippen MR) is 72.0 cm³/mol. The zero-order valence-electron chi connectivity index (χ0n) is 11.0. The zero-order chi connectivity index (χ0) is 13.7. The molecule has 5 heteroatoms. The molecular formula is C14H17N3O2. The molecule has 1 N–H and O–H groups in total. The van der Waals surface area contributed by atoms with E-state index in [1.165, 1.54) is 7.11 Å². The van der Waals surface area contributed by atoms with Crippen molar-refractivity contribution in [3.8, 4) is 5.69 Å². The average Bonchev–Trinajstić information content (AvgIpc) is 2.93. The maximum atomic E-state index is 11.4. The number of amides is 1. The first-order valence-electron chi connectivity index (χ1n) is 6.07. The number of hydrogen-bond donors (Lipinski definition) is 1. The molecule has 0 bridgehead atoms. The van der Waals surface area contributed by atoms with E-state index in [0.29, 0.717) is 0 Å². The van der Waals surface area contributed by atoms with Crippen molar-refractivity contribution in [3.05, 3.63) is 48.5 Å². The van der Waals surface area contributed by atoms with Crippen LogP contribution in [0.2, 0.25) is 0 Å². The van der Waals surface area contributed by atoms with Gasteiger partial charge in [0.2, 0.25) is 5.91 Å². The minimum Gasteiger partial charge on any atom is -0.375 e. The van der Waals surface area contributed by atoms with E-state index in [1.54, 1.807) is 12.5 Å². The normalized spacial score (nSPS) is 12.1. The SMILES string of the molecule is COCC(=O)N[C@H](C)c1ccc(-n2ccnc2)cc1. The number of methoxy groups -OCH3 is 1. The van der Waals surface area contributed by atoms with Gasteiger partial charge in [-0.2, -0.15) is 0 Å². The van der Waals surface area contributed by atoms with Gasteiger partial charge in [-0.1, -0.05) is 12.1 Å². The smallest absolute Gasteiger partial charge is 0.246 e. The Morgan fingerprint density at radius 1 is 1.42 bits per heavy atom. The van der Waals surface area contributed by atoms with Crippen LogP contribution in [-0.4, -0.2) is 29.2 Å². The van der Waals surface area contributed by atoms with Crippen LogP contribution in [-0.2, 0) is 9.53 Å². The quantitative estimate of drug-likeness (QED) is 0.889. The number of aromatic nitrogens is 2. The van der Waals surface area contributed by atoms with Crippen molar-refractivity contribution in [2.45, 2.75) is 13.0 Å². The number of carbonyl (C=O) groups excluding carboxylic acids is 1. The van der Waals surface area contributed by atoms with Crippen molar-refractivity contribution in [1.29, 1.82) is 0 Å². The Morgan fingerprint density at radius 2 is 2.16 bits per heavy atom. The van der Waals surface area contributed by atoms with E-state index in [-0.39, 0.29) is 18.6 Å². The molecule has 100 valence electrons. The Labute approximate surface area is 112 Å². The maximum Gasteiger partial charge on any atom is 0.246 e. The molecule has 5 nitrogen and oxygen atoms in total. The van der Waals surface area contributed by atoms with E-state index in [4.69, 9.17) is 4.74 Å². The molecule has 0 radical (unpaired) electrons. The third kappa shape index (κ3) is 3.42. The maximum absolute atomic E-state index is 11.4. The Balaban J connectivity index is 2.04. The van der Waals surface area contributed by atoms with Crippen molar-refractivity contribution in [2.75, 3.05) is 13.7 Å². The summed E-state index contributed by atoms with van der Waals surface area (Å²) in [7, 11) is 1.50. The molecule has 1 aromatic heterocycles. The van der Waals surface area contributed by atoms with Crippen molar-refractivity contribution >= 4 is 5.91 Å². The summed E-state index contributed by atoms with van der Waals surface area (Å²) >= 11 is 0. The third-order valence-corrected chi connectivity index (χ3v) is 2.85. The largest absolute Gasteiger partial charge is 0.375 e. The Hall–Kier alpha value is -2.14. The molecule has 1 heterocycles. The first-order valence-corrected chi connectivity index (χ1v) is 6.07. The number of benzene rings is 1. The molecular weight excluding hydrogens is 242 g/mol. The number of ether oxygens (including phenoxy) is 1. The van der Waals surface area contributed by atoms with Gasteiger partial charge < -0.3 is 14.6 Å². The molecule has 1 amide bonds. The molecule has 0 aliphatic heterocycles. The number of carbonyl (C=O) groups is 1. The highest BCUT2D eigenvalue weighted by atomic mass is 16.5. The summed E-state index contributed by atoms with van der Waals surface area (Å²) in [6, 6.07) is 7.94. The highest BCUT2D eigenvalue weighted by Crippen LogP contribution is 2.15. The molecule has 0 spiro atoms. The van der Waals surface area contributed by atoms with Crippen LogP contribution < -0.4 is 5.32 Å². The minimum absolute atomic E-state index is 0.0421. The van der Waals surface area contributed by atoms with E-state index in [9.17, 15) is 4.79 Å². The third-order valence-electron chi connectivity index (χ3n) is 2.85. The van der Waals surface area contributed by atoms with E-state index in [0.717, 1.165) is 11.3 Å². The Morgan fingerprint density at radius 3 is 2.74 bits per heavy atom. The van der Waals surface area contributed by atoms with Crippen LogP contribution >= 0.6 is 0 Å². The zero-order valence-corrected chi connectivity index (χ0v) is 11.0. The molecule has 0 aliphatic rings. The van der Waals surface area contributed by atoms with E-state index < -0.39 is 0 Å². The van der Waals surface area contributed by atoms with Gasteiger partial charge in [0.15, 0.2) is 0 Å². The van der Waals surface area contributed by atoms with Gasteiger partial charge in [0, 0.05) is 25.2 Å². The predicted octanol–water partition coefficient (Wildman–Crippen LogP) is 1.70. The molecule has 0 unspecified atom stereocenters. The summed E-state index contributed by atoms with van der Waals surface area (Å²) in [5.74, 6) is -0.117. The van der Waals surface area contributed by atoms with Gasteiger partial charge in [0.25, 0.3) is 0 Å². The summed E-state index contributed by atoms with van der Waals surface area (Å²) < 4.78 is 6.71. The lowest BCUT2D eigenvalue weighted by molar-refractivity contribution is -0.125. The van der Waals surface area contributed by atoms with Crippen LogP contribution in [0.1, 0.15) is 18.5 Å². The Kier molecular flexibility index (Phi) is 4.30. The first kappa shape index (κ1) is 13.3. The number of hydrogen-bond acceptors (Lipinski definition) is 3. The highest BCUT2D eigenvalue weighted by molar-refractivity contribution is 5.77. The topological polar surface area (TPSA) is 56.1 Å². The molecule has 2 rings (SSSR count). The van der Waals surface area contributed by atoms with Crippen LogP contribution in [0.25, 0.3) is 5.69 Å². The Bertz CT molecular complexity index is 520. The van der Waals surface area contributed by atoms with Crippen molar-refractivity contribution < 1.29 is 9.53 Å². The lowest BCUT2D eigenvalue weighted by Crippen LogP contribution is -2.29. The molecule has 1 atom stereocenters. The van der Waals surface area contributed by atoms with Crippen molar-refractivity contribution in [3.63, 3.8) is 0 Å². The molecule has 0 saturated carbocycles. The standard InChI is InChI=1S/C14H17N3O2/c1-11(16-14(18)9-19-2)12-3-5-13(6-4-12)17-8-7-15-10-17/h3-8,10-11H,9H2,1-2H3,(H,16,18)/t11-/m1/s1. The van der Waals surface area contributed by atoms with Gasteiger partial charge in [0.1, 0.15) is 6.61 Å². The van der Waals surface area contributed by atoms with Gasteiger partial charge in [-0.3, -0.25) is 4.79 Å². The number of nitrogens with one attached hydrogen (secondary N) is 1. The van der Waals surface area contributed by atoms with Crippen LogP contribution in [0.3, 0.4) is 0 Å². The second kappa shape index (κ2) is 6.15. The van der Waals surface area contributed by atoms with Gasteiger partial charge in [-0.05, 0) is 24.6 Å². The first-order chi connectivity index (χ1) is 9.20. The van der Waals surface area contributed by atoms with Gasteiger partial charge in [-0.15, -0.1) is 0 Å². The lowest BCUT2D eigenvalue weighted by atomic mass is 10.1. The minimum atomic E-state index is -0.117. The van der Waals surface area contributed by atoms with E-state index in [2.05, 4.69) is 10.3 Å². The van der Waals surface area contributed by atoms with E-state index >= 15 is 0 Å². The lowest BCUT2D eigenvalue weighted by Gasteiger charge is -2.14. The monoisotopic (exact) mass is 259 g/mol. The summed E-state index contributed by atoms with van der Waals surface area (Å²) in [4.78, 5) is 15.4. The summed E-state index contributed by atoms with van der Waals surface area (Å²) in [6.07, 6.45) is 5.37. The van der Waals surface area contributed by atoms with Gasteiger partial charge in [0.05, 0.1) is 12.4 Å². The van der Waals surface area contributed by atoms with Gasteiger partial charge in [-0.25, -0.2) is 4.98 Å². The number of nitrogens with zero attached hydrogens (tertiary/aromatic N) is 2. The summed E-state index contributed by atoms with van der Waals surface area (Å²) in [5.41, 5.74) is 2.09. The van der Waals surface area contributed by atoms with Gasteiger partial charge >= 0.3 is 0 Å². The number of imidazole rings is 1. The summed E-state index contributed by atoms with van der Waals surface area (Å²) in [6.45, 7) is 2.03. The van der Waals surface area contributed by atoms with E-state index in [1.807, 2.05) is 42.0 Å². The molecule has 1 aromatic carbocycles. The second-order valence-electron chi connectivity index (χ2n) is 4.28. The molecule has 0 fully saturated rings. The highest BCUT2D eigenvalue weighted by Gasteiger charge is 2.09. The van der Waals surface area contributed by atoms with Crippen LogP contribution in [0, 0.1) is 0 Å². The fourth-order valence-corrected chi connectivity index (χ4v) is 1.84. The fourth-order valence-electron chi connectivity index (χ4n) is 1.84. The van der Waals surface area contributed by atoms with Crippen LogP contribution in [0.15, 0.2) is 43.0 Å². The molecule has 0 aliphatic carbocycles. The molecule has 0 saturated heterocycles. The van der Waals surface area contributed by atoms with Crippen LogP contribution in [0.5, 0.6) is 0 Å². The molecule has 2 aromatic rings. The molecule has 19 heavy (non-hydrogen) atoms. The number of rotatable bonds is 5. The second-order valence-corrected chi connectivity index (χ2v) is 4.28. The van der Waals surface area contributed by atoms with Crippen molar-refractivity contribution in [1.82, 2.24) is 14.9 Å². The summed E-state index contributed by atoms with van der Waals surface area (Å²) in [5, 5.41) is 2.87. The van der Waals surface area contributed by atoms with Crippen LogP contribution in [0.4, 0.5) is 0 Å². The van der Waals surface area contributed by atoms with Crippen molar-refractivity contribution in [2.24, 2.45) is 0 Å².